The normalized spacial score (nSPS) is 10.9. The number of fused-ring (bicyclic) bond motifs is 1. The van der Waals surface area contributed by atoms with Crippen LogP contribution in [0.4, 0.5) is 5.95 Å². The number of nitrogens with zero attached hydrogens (tertiary/aromatic N) is 3. The van der Waals surface area contributed by atoms with E-state index in [1.807, 2.05) is 24.3 Å². The SMILES string of the molecule is Nc1ncc(Cl)c(Sc2nc3ccccc3s2)n1. The van der Waals surface area contributed by atoms with Gasteiger partial charge >= 0.3 is 0 Å². The Morgan fingerprint density at radius 3 is 2.89 bits per heavy atom. The van der Waals surface area contributed by atoms with E-state index >= 15 is 0 Å². The summed E-state index contributed by atoms with van der Waals surface area (Å²) in [5.74, 6) is 0.211. The van der Waals surface area contributed by atoms with E-state index in [1.54, 1.807) is 11.3 Å². The van der Waals surface area contributed by atoms with Crippen molar-refractivity contribution in [1.29, 1.82) is 0 Å². The summed E-state index contributed by atoms with van der Waals surface area (Å²) in [4.78, 5) is 12.4. The van der Waals surface area contributed by atoms with Crippen molar-refractivity contribution in [3.63, 3.8) is 0 Å². The highest BCUT2D eigenvalue weighted by Gasteiger charge is 2.10. The summed E-state index contributed by atoms with van der Waals surface area (Å²) in [6.45, 7) is 0. The second kappa shape index (κ2) is 4.72. The summed E-state index contributed by atoms with van der Waals surface area (Å²) in [6, 6.07) is 7.97. The number of hydrogen-bond donors (Lipinski definition) is 1. The molecule has 0 unspecified atom stereocenters. The number of thiazole rings is 1. The lowest BCUT2D eigenvalue weighted by Gasteiger charge is -1.99. The van der Waals surface area contributed by atoms with Crippen molar-refractivity contribution in [3.05, 3.63) is 35.5 Å². The molecule has 18 heavy (non-hydrogen) atoms. The molecule has 0 saturated carbocycles. The lowest BCUT2D eigenvalue weighted by atomic mass is 10.3. The van der Waals surface area contributed by atoms with Crippen LogP contribution in [0.25, 0.3) is 10.2 Å². The summed E-state index contributed by atoms with van der Waals surface area (Å²) < 4.78 is 2.02. The van der Waals surface area contributed by atoms with Gasteiger partial charge in [0.15, 0.2) is 4.34 Å². The first-order valence-electron chi connectivity index (χ1n) is 5.04. The minimum absolute atomic E-state index is 0.211. The molecule has 0 saturated heterocycles. The maximum atomic E-state index is 6.02. The molecule has 0 aliphatic heterocycles. The Morgan fingerprint density at radius 2 is 2.06 bits per heavy atom. The Bertz CT molecular complexity index is 680. The van der Waals surface area contributed by atoms with Gasteiger partial charge in [-0.05, 0) is 23.9 Å². The van der Waals surface area contributed by atoms with Gasteiger partial charge < -0.3 is 5.73 Å². The predicted octanol–water partition coefficient (Wildman–Crippen LogP) is 3.47. The fourth-order valence-corrected chi connectivity index (χ4v) is 3.59. The first kappa shape index (κ1) is 11.7. The van der Waals surface area contributed by atoms with Gasteiger partial charge in [0.05, 0.1) is 21.4 Å². The monoisotopic (exact) mass is 294 g/mol. The van der Waals surface area contributed by atoms with Gasteiger partial charge in [0.25, 0.3) is 0 Å². The molecule has 2 heterocycles. The number of halogens is 1. The van der Waals surface area contributed by atoms with E-state index in [9.17, 15) is 0 Å². The van der Waals surface area contributed by atoms with E-state index < -0.39 is 0 Å². The van der Waals surface area contributed by atoms with Crippen LogP contribution >= 0.6 is 34.7 Å². The Kier molecular flexibility index (Phi) is 3.07. The molecule has 0 spiro atoms. The van der Waals surface area contributed by atoms with Crippen LogP contribution in [0.3, 0.4) is 0 Å². The van der Waals surface area contributed by atoms with Crippen LogP contribution in [0.5, 0.6) is 0 Å². The zero-order valence-corrected chi connectivity index (χ0v) is 11.4. The van der Waals surface area contributed by atoms with Crippen LogP contribution in [0, 0.1) is 0 Å². The molecule has 4 nitrogen and oxygen atoms in total. The van der Waals surface area contributed by atoms with Gasteiger partial charge in [-0.25, -0.2) is 15.0 Å². The van der Waals surface area contributed by atoms with Crippen LogP contribution < -0.4 is 5.73 Å². The molecule has 0 fully saturated rings. The molecule has 3 aromatic rings. The first-order chi connectivity index (χ1) is 8.72. The van der Waals surface area contributed by atoms with Gasteiger partial charge in [-0.3, -0.25) is 0 Å². The van der Waals surface area contributed by atoms with Gasteiger partial charge in [0, 0.05) is 0 Å². The lowest BCUT2D eigenvalue weighted by molar-refractivity contribution is 1.06. The van der Waals surface area contributed by atoms with Gasteiger partial charge in [0.2, 0.25) is 5.95 Å². The quantitative estimate of drug-likeness (QED) is 0.733. The Balaban J connectivity index is 1.98. The summed E-state index contributed by atoms with van der Waals surface area (Å²) in [7, 11) is 0. The fraction of sp³-hybridized carbons (Fsp3) is 0. The van der Waals surface area contributed by atoms with E-state index in [0.717, 1.165) is 14.6 Å². The van der Waals surface area contributed by atoms with Crippen molar-refractivity contribution in [3.8, 4) is 0 Å². The van der Waals surface area contributed by atoms with Crippen molar-refractivity contribution in [2.75, 3.05) is 5.73 Å². The minimum Gasteiger partial charge on any atom is -0.368 e. The number of benzene rings is 1. The zero-order valence-electron chi connectivity index (χ0n) is 9.00. The second-order valence-electron chi connectivity index (χ2n) is 3.43. The number of anilines is 1. The average Bonchev–Trinajstić information content (AvgIpc) is 2.76. The molecule has 0 aliphatic rings. The molecule has 0 radical (unpaired) electrons. The molecule has 3 rings (SSSR count). The minimum atomic E-state index is 0.211. The van der Waals surface area contributed by atoms with Crippen molar-refractivity contribution >= 4 is 50.9 Å². The van der Waals surface area contributed by atoms with E-state index in [0.29, 0.717) is 10.0 Å². The summed E-state index contributed by atoms with van der Waals surface area (Å²) in [5.41, 5.74) is 6.52. The molecule has 0 amide bonds. The smallest absolute Gasteiger partial charge is 0.221 e. The first-order valence-corrected chi connectivity index (χ1v) is 7.05. The highest BCUT2D eigenvalue weighted by Crippen LogP contribution is 2.36. The summed E-state index contributed by atoms with van der Waals surface area (Å²) in [6.07, 6.45) is 1.50. The molecule has 2 aromatic heterocycles. The fourth-order valence-electron chi connectivity index (χ4n) is 1.41. The molecule has 0 aliphatic carbocycles. The number of rotatable bonds is 2. The van der Waals surface area contributed by atoms with Crippen LogP contribution in [-0.2, 0) is 0 Å². The number of nitrogen functional groups attached to an aromatic ring is 1. The second-order valence-corrected chi connectivity index (χ2v) is 6.10. The van der Waals surface area contributed by atoms with E-state index in [1.165, 1.54) is 18.0 Å². The summed E-state index contributed by atoms with van der Waals surface area (Å²) in [5, 5.41) is 1.11. The maximum absolute atomic E-state index is 6.02. The standard InChI is InChI=1S/C11H7ClN4S2/c12-6-5-14-10(13)16-9(6)18-11-15-7-3-1-2-4-8(7)17-11/h1-5H,(H2,13,14,16). The van der Waals surface area contributed by atoms with Crippen molar-refractivity contribution < 1.29 is 0 Å². The van der Waals surface area contributed by atoms with E-state index in [4.69, 9.17) is 17.3 Å². The molecular weight excluding hydrogens is 288 g/mol. The Labute approximate surface area is 116 Å². The topological polar surface area (TPSA) is 64.7 Å². The van der Waals surface area contributed by atoms with E-state index in [-0.39, 0.29) is 5.95 Å². The van der Waals surface area contributed by atoms with Crippen LogP contribution in [0.2, 0.25) is 5.02 Å². The Hall–Kier alpha value is -1.37. The average molecular weight is 295 g/mol. The highest BCUT2D eigenvalue weighted by atomic mass is 35.5. The third-order valence-corrected chi connectivity index (χ3v) is 4.68. The van der Waals surface area contributed by atoms with E-state index in [2.05, 4.69) is 15.0 Å². The third-order valence-electron chi connectivity index (χ3n) is 2.19. The molecule has 2 N–H and O–H groups in total. The zero-order chi connectivity index (χ0) is 12.5. The van der Waals surface area contributed by atoms with Crippen molar-refractivity contribution in [1.82, 2.24) is 15.0 Å². The van der Waals surface area contributed by atoms with Gasteiger partial charge in [-0.15, -0.1) is 11.3 Å². The highest BCUT2D eigenvalue weighted by molar-refractivity contribution is 8.01. The lowest BCUT2D eigenvalue weighted by Crippen LogP contribution is -1.95. The van der Waals surface area contributed by atoms with Crippen LogP contribution in [0.15, 0.2) is 39.8 Å². The van der Waals surface area contributed by atoms with Crippen LogP contribution in [-0.4, -0.2) is 15.0 Å². The number of hydrogen-bond acceptors (Lipinski definition) is 6. The molecule has 7 heteroatoms. The number of nitrogens with two attached hydrogens (primary N) is 1. The largest absolute Gasteiger partial charge is 0.368 e. The maximum Gasteiger partial charge on any atom is 0.221 e. The van der Waals surface area contributed by atoms with Crippen molar-refractivity contribution in [2.45, 2.75) is 9.37 Å². The molecular formula is C11H7ClN4S2. The molecule has 1 aromatic carbocycles. The van der Waals surface area contributed by atoms with Gasteiger partial charge in [-0.1, -0.05) is 23.7 Å². The molecule has 0 bridgehead atoms. The predicted molar refractivity (Wildman–Crippen MR) is 75.2 cm³/mol. The molecule has 0 atom stereocenters. The van der Waals surface area contributed by atoms with Crippen molar-refractivity contribution in [2.24, 2.45) is 0 Å². The van der Waals surface area contributed by atoms with Crippen LogP contribution in [0.1, 0.15) is 0 Å². The van der Waals surface area contributed by atoms with Gasteiger partial charge in [-0.2, -0.15) is 0 Å². The van der Waals surface area contributed by atoms with Gasteiger partial charge in [0.1, 0.15) is 5.03 Å². The summed E-state index contributed by atoms with van der Waals surface area (Å²) >= 11 is 9.02. The third kappa shape index (κ3) is 2.27. The Morgan fingerprint density at radius 1 is 1.22 bits per heavy atom. The number of para-hydroxylation sites is 1. The number of aromatic nitrogens is 3. The molecule has 90 valence electrons.